The van der Waals surface area contributed by atoms with Gasteiger partial charge in [0.05, 0.1) is 12.9 Å². The molecule has 1 fully saturated rings. The highest BCUT2D eigenvalue weighted by Crippen LogP contribution is 2.64. The molecule has 2 nitrogen and oxygen atoms in total. The fourth-order valence-electron chi connectivity index (χ4n) is 6.03. The normalized spacial score (nSPS) is 46.5. The zero-order valence-corrected chi connectivity index (χ0v) is 15.1. The average molecular weight is 324 g/mol. The van der Waals surface area contributed by atoms with Crippen LogP contribution in [0.15, 0.2) is 35.1 Å². The first-order valence-corrected chi connectivity index (χ1v) is 9.24. The highest BCUT2D eigenvalue weighted by Gasteiger charge is 2.60. The van der Waals surface area contributed by atoms with E-state index < -0.39 is 5.60 Å². The first-order valence-electron chi connectivity index (χ1n) is 9.24. The first-order chi connectivity index (χ1) is 11.4. The van der Waals surface area contributed by atoms with Crippen LogP contribution in [-0.2, 0) is 4.74 Å². The standard InChI is InChI=1S/C22H28O2/c1-5-22(23)13-10-19-17-7-6-15-14-16(24-4)8-11-20(15,2)18(17)9-12-21(19,22)3/h1,6,9,14,17,19,23H,7-8,10-13H2,2-4H3/t17?,19?,20-,21?,22-/m0/s1. The minimum absolute atomic E-state index is 0.128. The van der Waals surface area contributed by atoms with Gasteiger partial charge in [-0.25, -0.2) is 0 Å². The van der Waals surface area contributed by atoms with Crippen molar-refractivity contribution in [3.05, 3.63) is 35.1 Å². The molecular weight excluding hydrogens is 296 g/mol. The van der Waals surface area contributed by atoms with Crippen molar-refractivity contribution in [2.24, 2.45) is 22.7 Å². The monoisotopic (exact) mass is 324 g/mol. The Morgan fingerprint density at radius 1 is 1.29 bits per heavy atom. The summed E-state index contributed by atoms with van der Waals surface area (Å²) < 4.78 is 5.49. The number of methoxy groups -OCH3 is 1. The van der Waals surface area contributed by atoms with Crippen molar-refractivity contribution < 1.29 is 9.84 Å². The van der Waals surface area contributed by atoms with Crippen molar-refractivity contribution in [3.63, 3.8) is 0 Å². The van der Waals surface area contributed by atoms with Gasteiger partial charge in [-0.05, 0) is 55.6 Å². The number of ether oxygens (including phenoxy) is 1. The molecule has 0 aliphatic heterocycles. The van der Waals surface area contributed by atoms with E-state index in [2.05, 4.69) is 38.0 Å². The van der Waals surface area contributed by atoms with Crippen LogP contribution in [0.4, 0.5) is 0 Å². The molecule has 0 aromatic heterocycles. The molecule has 0 aromatic carbocycles. The SMILES string of the molecule is C#C[C@]1(O)CCC2C3CC=C4C=C(OC)CC[C@]4(C)C3=CCC21C. The molecule has 0 aromatic rings. The largest absolute Gasteiger partial charge is 0.501 e. The highest BCUT2D eigenvalue weighted by atomic mass is 16.5. The molecule has 4 aliphatic carbocycles. The maximum Gasteiger partial charge on any atom is 0.131 e. The van der Waals surface area contributed by atoms with E-state index in [0.717, 1.165) is 44.3 Å². The quantitative estimate of drug-likeness (QED) is 0.573. The van der Waals surface area contributed by atoms with Gasteiger partial charge in [0.15, 0.2) is 0 Å². The lowest BCUT2D eigenvalue weighted by Gasteiger charge is -2.53. The maximum atomic E-state index is 11.0. The molecule has 4 rings (SSSR count). The molecule has 3 unspecified atom stereocenters. The Hall–Kier alpha value is -1.46. The molecule has 0 saturated heterocycles. The Morgan fingerprint density at radius 2 is 2.08 bits per heavy atom. The third-order valence-electron chi connectivity index (χ3n) is 7.77. The maximum absolute atomic E-state index is 11.0. The van der Waals surface area contributed by atoms with Gasteiger partial charge >= 0.3 is 0 Å². The first kappa shape index (κ1) is 16.0. The Balaban J connectivity index is 1.76. The van der Waals surface area contributed by atoms with Crippen LogP contribution in [0.2, 0.25) is 0 Å². The fraction of sp³-hybridized carbons (Fsp3) is 0.636. The van der Waals surface area contributed by atoms with Gasteiger partial charge in [0.25, 0.3) is 0 Å². The van der Waals surface area contributed by atoms with E-state index in [4.69, 9.17) is 11.2 Å². The predicted octanol–water partition coefficient (Wildman–Crippen LogP) is 4.37. The lowest BCUT2D eigenvalue weighted by molar-refractivity contribution is -0.0351. The summed E-state index contributed by atoms with van der Waals surface area (Å²) in [5.74, 6) is 4.85. The van der Waals surface area contributed by atoms with E-state index in [1.807, 2.05) is 0 Å². The molecule has 128 valence electrons. The van der Waals surface area contributed by atoms with Gasteiger partial charge in [-0.15, -0.1) is 6.42 Å². The number of rotatable bonds is 1. The summed E-state index contributed by atoms with van der Waals surface area (Å²) in [6.07, 6.45) is 18.7. The third-order valence-corrected chi connectivity index (χ3v) is 7.77. The summed E-state index contributed by atoms with van der Waals surface area (Å²) in [7, 11) is 1.77. The van der Waals surface area contributed by atoms with Crippen molar-refractivity contribution in [3.8, 4) is 12.3 Å². The second kappa shape index (κ2) is 5.02. The van der Waals surface area contributed by atoms with Gasteiger partial charge in [0, 0.05) is 17.3 Å². The molecule has 1 N–H and O–H groups in total. The van der Waals surface area contributed by atoms with Gasteiger partial charge in [0.1, 0.15) is 5.60 Å². The minimum atomic E-state index is -0.944. The molecule has 1 saturated carbocycles. The van der Waals surface area contributed by atoms with Gasteiger partial charge in [0.2, 0.25) is 0 Å². The number of hydrogen-bond acceptors (Lipinski definition) is 2. The molecule has 0 radical (unpaired) electrons. The van der Waals surface area contributed by atoms with Crippen LogP contribution in [0, 0.1) is 35.0 Å². The van der Waals surface area contributed by atoms with E-state index in [-0.39, 0.29) is 10.8 Å². The van der Waals surface area contributed by atoms with Crippen molar-refractivity contribution in [2.45, 2.75) is 58.0 Å². The summed E-state index contributed by atoms with van der Waals surface area (Å²) in [5.41, 5.74) is 2.01. The van der Waals surface area contributed by atoms with Gasteiger partial charge in [-0.1, -0.05) is 37.5 Å². The van der Waals surface area contributed by atoms with Crippen molar-refractivity contribution in [2.75, 3.05) is 7.11 Å². The predicted molar refractivity (Wildman–Crippen MR) is 95.9 cm³/mol. The van der Waals surface area contributed by atoms with Crippen molar-refractivity contribution in [1.29, 1.82) is 0 Å². The number of hydrogen-bond donors (Lipinski definition) is 1. The zero-order valence-electron chi connectivity index (χ0n) is 15.1. The Morgan fingerprint density at radius 3 is 2.79 bits per heavy atom. The molecule has 24 heavy (non-hydrogen) atoms. The summed E-state index contributed by atoms with van der Waals surface area (Å²) in [5, 5.41) is 11.0. The third kappa shape index (κ3) is 1.83. The molecule has 5 atom stereocenters. The number of fused-ring (bicyclic) bond motifs is 5. The van der Waals surface area contributed by atoms with Crippen LogP contribution in [0.25, 0.3) is 0 Å². The summed E-state index contributed by atoms with van der Waals surface area (Å²) in [6.45, 7) is 4.61. The molecular formula is C22H28O2. The number of allylic oxidation sites excluding steroid dienone is 6. The molecule has 0 spiro atoms. The Bertz CT molecular complexity index is 706. The molecule has 2 heteroatoms. The minimum Gasteiger partial charge on any atom is -0.501 e. The van der Waals surface area contributed by atoms with Crippen LogP contribution in [0.1, 0.15) is 52.4 Å². The molecule has 4 aliphatic rings. The molecule has 0 bridgehead atoms. The fourth-order valence-corrected chi connectivity index (χ4v) is 6.03. The van der Waals surface area contributed by atoms with Crippen molar-refractivity contribution in [1.82, 2.24) is 0 Å². The van der Waals surface area contributed by atoms with E-state index in [1.165, 1.54) is 5.57 Å². The Labute approximate surface area is 145 Å². The van der Waals surface area contributed by atoms with Gasteiger partial charge in [-0.3, -0.25) is 0 Å². The Kier molecular flexibility index (Phi) is 3.35. The van der Waals surface area contributed by atoms with Crippen LogP contribution >= 0.6 is 0 Å². The van der Waals surface area contributed by atoms with Crippen LogP contribution < -0.4 is 0 Å². The summed E-state index contributed by atoms with van der Waals surface area (Å²) in [4.78, 5) is 0. The lowest BCUT2D eigenvalue weighted by atomic mass is 9.52. The van der Waals surface area contributed by atoms with Crippen molar-refractivity contribution >= 4 is 0 Å². The molecule has 0 heterocycles. The van der Waals surface area contributed by atoms with Crippen LogP contribution in [0.5, 0.6) is 0 Å². The van der Waals surface area contributed by atoms with Gasteiger partial charge in [-0.2, -0.15) is 0 Å². The summed E-state index contributed by atoms with van der Waals surface area (Å²) in [6, 6.07) is 0. The molecule has 0 amide bonds. The van der Waals surface area contributed by atoms with Gasteiger partial charge < -0.3 is 9.84 Å². The number of terminal acetylenes is 1. The average Bonchev–Trinajstić information content (AvgIpc) is 2.86. The number of aliphatic hydroxyl groups is 1. The smallest absolute Gasteiger partial charge is 0.131 e. The van der Waals surface area contributed by atoms with Crippen LogP contribution in [-0.4, -0.2) is 17.8 Å². The second-order valence-electron chi connectivity index (χ2n) is 8.58. The highest BCUT2D eigenvalue weighted by molar-refractivity contribution is 5.46. The second-order valence-corrected chi connectivity index (χ2v) is 8.58. The van der Waals surface area contributed by atoms with Crippen LogP contribution in [0.3, 0.4) is 0 Å². The lowest BCUT2D eigenvalue weighted by Crippen LogP contribution is -2.49. The topological polar surface area (TPSA) is 29.5 Å². The van der Waals surface area contributed by atoms with E-state index in [0.29, 0.717) is 11.8 Å². The zero-order chi connectivity index (χ0) is 17.2. The van der Waals surface area contributed by atoms with E-state index in [9.17, 15) is 5.11 Å². The van der Waals surface area contributed by atoms with E-state index in [1.54, 1.807) is 12.7 Å². The summed E-state index contributed by atoms with van der Waals surface area (Å²) >= 11 is 0. The van der Waals surface area contributed by atoms with E-state index >= 15 is 0 Å².